The summed E-state index contributed by atoms with van der Waals surface area (Å²) in [7, 11) is 2.11. The van der Waals surface area contributed by atoms with Gasteiger partial charge < -0.3 is 24.6 Å². The van der Waals surface area contributed by atoms with Crippen LogP contribution in [0, 0.1) is 0 Å². The van der Waals surface area contributed by atoms with Gasteiger partial charge in [-0.25, -0.2) is 4.98 Å². The molecule has 8 nitrogen and oxygen atoms in total. The van der Waals surface area contributed by atoms with Crippen LogP contribution in [0.1, 0.15) is 0 Å². The molecule has 2 aromatic heterocycles. The summed E-state index contributed by atoms with van der Waals surface area (Å²) in [6.45, 7) is 5.15. The van der Waals surface area contributed by atoms with Crippen LogP contribution in [-0.4, -0.2) is 64.4 Å². The molecule has 0 radical (unpaired) electrons. The third-order valence-corrected chi connectivity index (χ3v) is 3.44. The molecular weight excluding hydrogens is 258 g/mol. The van der Waals surface area contributed by atoms with Crippen molar-refractivity contribution in [3.8, 4) is 11.6 Å². The highest BCUT2D eigenvalue weighted by molar-refractivity contribution is 5.47. The highest BCUT2D eigenvalue weighted by Crippen LogP contribution is 2.19. The van der Waals surface area contributed by atoms with Crippen molar-refractivity contribution >= 4 is 5.95 Å². The first kappa shape index (κ1) is 13.1. The summed E-state index contributed by atoms with van der Waals surface area (Å²) in [6, 6.07) is 0. The Balaban J connectivity index is 1.72. The third kappa shape index (κ3) is 2.66. The molecule has 1 aliphatic rings. The molecule has 0 aliphatic carbocycles. The minimum atomic E-state index is 0.453. The Hall–Kier alpha value is -1.93. The molecule has 3 heterocycles. The van der Waals surface area contributed by atoms with Gasteiger partial charge >= 0.3 is 0 Å². The Morgan fingerprint density at radius 2 is 2.10 bits per heavy atom. The van der Waals surface area contributed by atoms with Crippen LogP contribution in [0.25, 0.3) is 11.6 Å². The standard InChI is InChI=1S/C12H19N7O/c1-17-4-6-19(7-5-17)12-15-11(20-16-12)10-8-18(3-2-13)9-14-10/h8-9H,2-7,13H2,1H3. The van der Waals surface area contributed by atoms with E-state index < -0.39 is 0 Å². The van der Waals surface area contributed by atoms with Crippen molar-refractivity contribution in [3.05, 3.63) is 12.5 Å². The van der Waals surface area contributed by atoms with Crippen LogP contribution in [0.4, 0.5) is 5.95 Å². The zero-order valence-electron chi connectivity index (χ0n) is 11.6. The third-order valence-electron chi connectivity index (χ3n) is 3.44. The fourth-order valence-electron chi connectivity index (χ4n) is 2.20. The minimum Gasteiger partial charge on any atom is -0.336 e. The number of imidazole rings is 1. The van der Waals surface area contributed by atoms with Gasteiger partial charge in [0.1, 0.15) is 5.69 Å². The molecule has 1 saturated heterocycles. The number of anilines is 1. The van der Waals surface area contributed by atoms with Crippen molar-refractivity contribution in [2.24, 2.45) is 5.73 Å². The van der Waals surface area contributed by atoms with Crippen LogP contribution in [0.5, 0.6) is 0 Å². The summed E-state index contributed by atoms with van der Waals surface area (Å²) in [4.78, 5) is 13.1. The Bertz CT molecular complexity index is 556. The number of likely N-dealkylation sites (N-methyl/N-ethyl adjacent to an activating group) is 1. The van der Waals surface area contributed by atoms with Gasteiger partial charge in [-0.2, -0.15) is 4.98 Å². The molecule has 20 heavy (non-hydrogen) atoms. The highest BCUT2D eigenvalue weighted by atomic mass is 16.5. The average Bonchev–Trinajstić information content (AvgIpc) is 3.08. The first-order chi connectivity index (χ1) is 9.76. The van der Waals surface area contributed by atoms with Gasteiger partial charge in [0.2, 0.25) is 0 Å². The lowest BCUT2D eigenvalue weighted by Gasteiger charge is -2.31. The minimum absolute atomic E-state index is 0.453. The molecule has 0 unspecified atom stereocenters. The highest BCUT2D eigenvalue weighted by Gasteiger charge is 2.20. The van der Waals surface area contributed by atoms with Gasteiger partial charge in [0.15, 0.2) is 0 Å². The van der Waals surface area contributed by atoms with Gasteiger partial charge in [0.25, 0.3) is 11.8 Å². The second kappa shape index (κ2) is 5.59. The summed E-state index contributed by atoms with van der Waals surface area (Å²) in [6.07, 6.45) is 3.59. The first-order valence-corrected chi connectivity index (χ1v) is 6.75. The van der Waals surface area contributed by atoms with Crippen LogP contribution in [-0.2, 0) is 6.54 Å². The lowest BCUT2D eigenvalue weighted by molar-refractivity contribution is 0.309. The van der Waals surface area contributed by atoms with E-state index >= 15 is 0 Å². The Labute approximate surface area is 117 Å². The van der Waals surface area contributed by atoms with Crippen LogP contribution in [0.2, 0.25) is 0 Å². The molecule has 0 saturated carbocycles. The zero-order chi connectivity index (χ0) is 13.9. The Morgan fingerprint density at radius 1 is 1.30 bits per heavy atom. The number of rotatable bonds is 4. The maximum atomic E-state index is 5.51. The number of nitrogens with two attached hydrogens (primary N) is 1. The summed E-state index contributed by atoms with van der Waals surface area (Å²) in [5.74, 6) is 1.09. The van der Waals surface area contributed by atoms with E-state index in [2.05, 4.69) is 32.0 Å². The van der Waals surface area contributed by atoms with Crippen molar-refractivity contribution in [2.75, 3.05) is 44.7 Å². The largest absolute Gasteiger partial charge is 0.336 e. The monoisotopic (exact) mass is 277 g/mol. The van der Waals surface area contributed by atoms with Crippen molar-refractivity contribution in [1.82, 2.24) is 24.6 Å². The van der Waals surface area contributed by atoms with Gasteiger partial charge in [0, 0.05) is 45.5 Å². The van der Waals surface area contributed by atoms with E-state index in [1.165, 1.54) is 0 Å². The predicted molar refractivity (Wildman–Crippen MR) is 74.3 cm³/mol. The number of aromatic nitrogens is 4. The van der Waals surface area contributed by atoms with Crippen molar-refractivity contribution < 1.29 is 4.52 Å². The SMILES string of the molecule is CN1CCN(c2noc(-c3cn(CCN)cn3)n2)CC1. The van der Waals surface area contributed by atoms with Crippen molar-refractivity contribution in [2.45, 2.75) is 6.54 Å². The summed E-state index contributed by atoms with van der Waals surface area (Å²) >= 11 is 0. The molecule has 2 aromatic rings. The van der Waals surface area contributed by atoms with Gasteiger partial charge in [-0.1, -0.05) is 0 Å². The Morgan fingerprint density at radius 3 is 2.85 bits per heavy atom. The topological polar surface area (TPSA) is 89.2 Å². The van der Waals surface area contributed by atoms with Crippen LogP contribution < -0.4 is 10.6 Å². The summed E-state index contributed by atoms with van der Waals surface area (Å²) in [5, 5.41) is 4.04. The molecule has 0 aromatic carbocycles. The molecule has 3 rings (SSSR count). The van der Waals surface area contributed by atoms with Gasteiger partial charge in [-0.3, -0.25) is 0 Å². The molecule has 0 atom stereocenters. The van der Waals surface area contributed by atoms with Crippen molar-refractivity contribution in [1.29, 1.82) is 0 Å². The van der Waals surface area contributed by atoms with Crippen molar-refractivity contribution in [3.63, 3.8) is 0 Å². The molecular formula is C12H19N7O. The van der Waals surface area contributed by atoms with E-state index in [1.54, 1.807) is 6.33 Å². The number of piperazine rings is 1. The molecule has 1 aliphatic heterocycles. The van der Waals surface area contributed by atoms with E-state index in [0.717, 1.165) is 32.7 Å². The van der Waals surface area contributed by atoms with E-state index in [9.17, 15) is 0 Å². The smallest absolute Gasteiger partial charge is 0.279 e. The lowest BCUT2D eigenvalue weighted by Crippen LogP contribution is -2.44. The van der Waals surface area contributed by atoms with Crippen LogP contribution in [0.15, 0.2) is 17.0 Å². The fraction of sp³-hybridized carbons (Fsp3) is 0.583. The molecule has 8 heteroatoms. The second-order valence-corrected chi connectivity index (χ2v) is 4.98. The van der Waals surface area contributed by atoms with E-state index in [4.69, 9.17) is 10.3 Å². The maximum absolute atomic E-state index is 5.51. The summed E-state index contributed by atoms with van der Waals surface area (Å²) in [5.41, 5.74) is 6.20. The quantitative estimate of drug-likeness (QED) is 0.816. The Kier molecular flexibility index (Phi) is 3.66. The van der Waals surface area contributed by atoms with E-state index in [-0.39, 0.29) is 0 Å². The summed E-state index contributed by atoms with van der Waals surface area (Å²) < 4.78 is 7.21. The maximum Gasteiger partial charge on any atom is 0.279 e. The molecule has 108 valence electrons. The second-order valence-electron chi connectivity index (χ2n) is 4.98. The van der Waals surface area contributed by atoms with Gasteiger partial charge in [-0.15, -0.1) is 0 Å². The molecule has 0 amide bonds. The number of hydrogen-bond acceptors (Lipinski definition) is 7. The number of nitrogens with zero attached hydrogens (tertiary/aromatic N) is 6. The van der Waals surface area contributed by atoms with E-state index in [1.807, 2.05) is 10.8 Å². The zero-order valence-corrected chi connectivity index (χ0v) is 11.6. The molecule has 1 fully saturated rings. The van der Waals surface area contributed by atoms with Gasteiger partial charge in [0.05, 0.1) is 6.33 Å². The number of hydrogen-bond donors (Lipinski definition) is 1. The lowest BCUT2D eigenvalue weighted by atomic mass is 10.3. The fourth-order valence-corrected chi connectivity index (χ4v) is 2.20. The first-order valence-electron chi connectivity index (χ1n) is 6.75. The predicted octanol–water partition coefficient (Wildman–Crippen LogP) is -0.356. The van der Waals surface area contributed by atoms with Gasteiger partial charge in [-0.05, 0) is 12.2 Å². The average molecular weight is 277 g/mol. The molecule has 0 bridgehead atoms. The molecule has 2 N–H and O–H groups in total. The van der Waals surface area contributed by atoms with Crippen LogP contribution >= 0.6 is 0 Å². The van der Waals surface area contributed by atoms with Crippen LogP contribution in [0.3, 0.4) is 0 Å². The van der Waals surface area contributed by atoms with E-state index in [0.29, 0.717) is 24.1 Å². The molecule has 0 spiro atoms. The normalized spacial score (nSPS) is 16.8.